The molecular formula is C13H17BrN4OS. The molecule has 1 N–H and O–H groups in total. The van der Waals surface area contributed by atoms with E-state index in [1.54, 1.807) is 17.5 Å². The summed E-state index contributed by atoms with van der Waals surface area (Å²) in [7, 11) is 0. The summed E-state index contributed by atoms with van der Waals surface area (Å²) in [6.45, 7) is 7.34. The summed E-state index contributed by atoms with van der Waals surface area (Å²) >= 11 is 4.99. The lowest BCUT2D eigenvalue weighted by molar-refractivity contribution is 0.462. The van der Waals surface area contributed by atoms with Crippen LogP contribution in [0.5, 0.6) is 0 Å². The Morgan fingerprint density at radius 2 is 2.20 bits per heavy atom. The molecule has 0 aliphatic rings. The van der Waals surface area contributed by atoms with Crippen LogP contribution < -0.4 is 10.9 Å². The monoisotopic (exact) mass is 356 g/mol. The lowest BCUT2D eigenvalue weighted by atomic mass is 10.2. The maximum Gasteiger partial charge on any atom is 0.283 e. The summed E-state index contributed by atoms with van der Waals surface area (Å²) in [5.41, 5.74) is 0.602. The Bertz CT molecular complexity index is 650. The van der Waals surface area contributed by atoms with Crippen LogP contribution in [0.15, 0.2) is 21.7 Å². The van der Waals surface area contributed by atoms with Crippen molar-refractivity contribution in [1.82, 2.24) is 14.8 Å². The van der Waals surface area contributed by atoms with Crippen molar-refractivity contribution in [1.29, 1.82) is 0 Å². The molecule has 0 saturated heterocycles. The van der Waals surface area contributed by atoms with Crippen LogP contribution in [0, 0.1) is 12.8 Å². The highest BCUT2D eigenvalue weighted by atomic mass is 79.9. The van der Waals surface area contributed by atoms with E-state index in [1.807, 2.05) is 13.1 Å². The Hall–Kier alpha value is -1.21. The standard InChI is InChI=1S/C13H17BrN4OS/c1-8(2)7-18-13(19)12(14)11(6-17-18)16-5-10-4-15-9(3)20-10/h4,6,8,16H,5,7H2,1-3H3. The molecule has 108 valence electrons. The Morgan fingerprint density at radius 3 is 2.80 bits per heavy atom. The van der Waals surface area contributed by atoms with E-state index in [0.29, 0.717) is 29.2 Å². The second-order valence-corrected chi connectivity index (χ2v) is 7.06. The minimum Gasteiger partial charge on any atom is -0.378 e. The number of nitrogens with one attached hydrogen (secondary N) is 1. The van der Waals surface area contributed by atoms with Crippen LogP contribution >= 0.6 is 27.3 Å². The van der Waals surface area contributed by atoms with Crippen molar-refractivity contribution >= 4 is 33.0 Å². The summed E-state index contributed by atoms with van der Waals surface area (Å²) in [4.78, 5) is 17.5. The Morgan fingerprint density at radius 1 is 1.45 bits per heavy atom. The molecule has 0 atom stereocenters. The van der Waals surface area contributed by atoms with Crippen molar-refractivity contribution in [2.75, 3.05) is 5.32 Å². The first-order chi connectivity index (χ1) is 9.47. The number of nitrogens with zero attached hydrogens (tertiary/aromatic N) is 3. The molecule has 0 spiro atoms. The van der Waals surface area contributed by atoms with Crippen molar-refractivity contribution < 1.29 is 0 Å². The molecule has 20 heavy (non-hydrogen) atoms. The molecule has 0 radical (unpaired) electrons. The van der Waals surface area contributed by atoms with Crippen molar-refractivity contribution in [3.8, 4) is 0 Å². The van der Waals surface area contributed by atoms with Crippen LogP contribution in [0.25, 0.3) is 0 Å². The first-order valence-corrected chi connectivity index (χ1v) is 7.99. The predicted molar refractivity (Wildman–Crippen MR) is 85.2 cm³/mol. The van der Waals surface area contributed by atoms with Gasteiger partial charge in [-0.3, -0.25) is 4.79 Å². The van der Waals surface area contributed by atoms with Gasteiger partial charge in [0.05, 0.1) is 23.4 Å². The van der Waals surface area contributed by atoms with Crippen LogP contribution in [-0.4, -0.2) is 14.8 Å². The largest absolute Gasteiger partial charge is 0.378 e. The molecule has 2 aromatic rings. The van der Waals surface area contributed by atoms with Gasteiger partial charge in [0, 0.05) is 17.6 Å². The molecule has 7 heteroatoms. The first-order valence-electron chi connectivity index (χ1n) is 6.38. The van der Waals surface area contributed by atoms with Gasteiger partial charge >= 0.3 is 0 Å². The molecule has 2 aromatic heterocycles. The number of aryl methyl sites for hydroxylation is 1. The molecule has 2 heterocycles. The fourth-order valence-electron chi connectivity index (χ4n) is 1.73. The van der Waals surface area contributed by atoms with Gasteiger partial charge in [-0.1, -0.05) is 13.8 Å². The van der Waals surface area contributed by atoms with Gasteiger partial charge in [0.2, 0.25) is 0 Å². The lowest BCUT2D eigenvalue weighted by Gasteiger charge is -2.11. The van der Waals surface area contributed by atoms with Gasteiger partial charge in [-0.2, -0.15) is 5.10 Å². The Kier molecular flexibility index (Phi) is 4.93. The molecule has 0 bridgehead atoms. The smallest absolute Gasteiger partial charge is 0.283 e. The van der Waals surface area contributed by atoms with Gasteiger partial charge in [0.1, 0.15) is 4.47 Å². The summed E-state index contributed by atoms with van der Waals surface area (Å²) < 4.78 is 2.01. The Labute approximate surface area is 130 Å². The molecule has 0 aliphatic heterocycles. The third kappa shape index (κ3) is 3.67. The van der Waals surface area contributed by atoms with Crippen molar-refractivity contribution in [3.63, 3.8) is 0 Å². The molecule has 5 nitrogen and oxygen atoms in total. The number of aromatic nitrogens is 3. The Balaban J connectivity index is 2.13. The number of anilines is 1. The van der Waals surface area contributed by atoms with E-state index in [1.165, 1.54) is 4.68 Å². The highest BCUT2D eigenvalue weighted by Gasteiger charge is 2.10. The van der Waals surface area contributed by atoms with E-state index in [2.05, 4.69) is 45.2 Å². The summed E-state index contributed by atoms with van der Waals surface area (Å²) in [5, 5.41) is 8.44. The number of thiazole rings is 1. The van der Waals surface area contributed by atoms with Crippen LogP contribution in [0.2, 0.25) is 0 Å². The van der Waals surface area contributed by atoms with Crippen molar-refractivity contribution in [2.24, 2.45) is 5.92 Å². The third-order valence-electron chi connectivity index (χ3n) is 2.65. The maximum absolute atomic E-state index is 12.1. The molecule has 2 rings (SSSR count). The molecular weight excluding hydrogens is 340 g/mol. The normalized spacial score (nSPS) is 11.1. The van der Waals surface area contributed by atoms with Gasteiger partial charge < -0.3 is 5.32 Å². The summed E-state index contributed by atoms with van der Waals surface area (Å²) in [5.74, 6) is 0.381. The number of hydrogen-bond acceptors (Lipinski definition) is 5. The van der Waals surface area contributed by atoms with E-state index < -0.39 is 0 Å². The second kappa shape index (κ2) is 6.49. The van der Waals surface area contributed by atoms with E-state index in [-0.39, 0.29) is 5.56 Å². The molecule has 0 amide bonds. The van der Waals surface area contributed by atoms with E-state index in [9.17, 15) is 4.79 Å². The van der Waals surface area contributed by atoms with Crippen LogP contribution in [0.3, 0.4) is 0 Å². The molecule has 0 unspecified atom stereocenters. The van der Waals surface area contributed by atoms with Crippen LogP contribution in [-0.2, 0) is 13.1 Å². The minimum absolute atomic E-state index is 0.107. The topological polar surface area (TPSA) is 59.8 Å². The van der Waals surface area contributed by atoms with Crippen LogP contribution in [0.4, 0.5) is 5.69 Å². The lowest BCUT2D eigenvalue weighted by Crippen LogP contribution is -2.26. The summed E-state index contributed by atoms with van der Waals surface area (Å²) in [6, 6.07) is 0. The summed E-state index contributed by atoms with van der Waals surface area (Å²) in [6.07, 6.45) is 3.52. The minimum atomic E-state index is -0.107. The maximum atomic E-state index is 12.1. The van der Waals surface area contributed by atoms with Crippen molar-refractivity contribution in [2.45, 2.75) is 33.9 Å². The van der Waals surface area contributed by atoms with Gasteiger partial charge in [0.25, 0.3) is 5.56 Å². The number of rotatable bonds is 5. The molecule has 0 fully saturated rings. The zero-order valence-electron chi connectivity index (χ0n) is 11.7. The molecule has 0 aromatic carbocycles. The van der Waals surface area contributed by atoms with Crippen LogP contribution in [0.1, 0.15) is 23.7 Å². The average Bonchev–Trinajstić information content (AvgIpc) is 2.79. The third-order valence-corrected chi connectivity index (χ3v) is 4.32. The average molecular weight is 357 g/mol. The zero-order valence-corrected chi connectivity index (χ0v) is 14.1. The van der Waals surface area contributed by atoms with Crippen molar-refractivity contribution in [3.05, 3.63) is 37.1 Å². The van der Waals surface area contributed by atoms with E-state index >= 15 is 0 Å². The second-order valence-electron chi connectivity index (χ2n) is 4.95. The first kappa shape index (κ1) is 15.2. The van der Waals surface area contributed by atoms with E-state index in [4.69, 9.17) is 0 Å². The SMILES string of the molecule is Cc1ncc(CNc2cnn(CC(C)C)c(=O)c2Br)s1. The fourth-order valence-corrected chi connectivity index (χ4v) is 2.92. The number of hydrogen-bond donors (Lipinski definition) is 1. The zero-order chi connectivity index (χ0) is 14.7. The fraction of sp³-hybridized carbons (Fsp3) is 0.462. The van der Waals surface area contributed by atoms with Gasteiger partial charge in [-0.05, 0) is 28.8 Å². The highest BCUT2D eigenvalue weighted by Crippen LogP contribution is 2.19. The van der Waals surface area contributed by atoms with Gasteiger partial charge in [0.15, 0.2) is 0 Å². The molecule has 0 aliphatic carbocycles. The number of halogens is 1. The predicted octanol–water partition coefficient (Wildman–Crippen LogP) is 3.04. The quantitative estimate of drug-likeness (QED) is 0.894. The van der Waals surface area contributed by atoms with E-state index in [0.717, 1.165) is 9.88 Å². The van der Waals surface area contributed by atoms with Gasteiger partial charge in [-0.25, -0.2) is 9.67 Å². The highest BCUT2D eigenvalue weighted by molar-refractivity contribution is 9.10. The molecule has 0 saturated carbocycles. The van der Waals surface area contributed by atoms with Gasteiger partial charge in [-0.15, -0.1) is 11.3 Å².